The van der Waals surface area contributed by atoms with Gasteiger partial charge in [-0.3, -0.25) is 4.79 Å². The summed E-state index contributed by atoms with van der Waals surface area (Å²) in [4.78, 5) is 25.5. The number of fused-ring (bicyclic) bond motifs is 5. The molecule has 2 aromatic carbocycles. The lowest BCUT2D eigenvalue weighted by Crippen LogP contribution is -2.51. The highest BCUT2D eigenvalue weighted by Crippen LogP contribution is 2.67. The molecule has 0 N–H and O–H groups in total. The van der Waals surface area contributed by atoms with Crippen LogP contribution in [0.4, 0.5) is 11.4 Å². The summed E-state index contributed by atoms with van der Waals surface area (Å²) in [5.41, 5.74) is 4.19. The van der Waals surface area contributed by atoms with Crippen LogP contribution in [-0.2, 0) is 14.3 Å². The molecule has 8 atom stereocenters. The number of rotatable bonds is 18. The number of unbranched alkanes of at least 4 members (excludes halogenated alkanes) is 2. The predicted molar refractivity (Wildman–Crippen MR) is 225 cm³/mol. The third kappa shape index (κ3) is 10.1. The molecule has 0 aliphatic heterocycles. The summed E-state index contributed by atoms with van der Waals surface area (Å²) in [5, 5.41) is 8.54. The number of hydrogen-bond acceptors (Lipinski definition) is 7. The number of nitrogens with zero attached hydrogens (tertiary/aromatic N) is 2. The van der Waals surface area contributed by atoms with E-state index in [1.807, 2.05) is 24.3 Å². The Labute approximate surface area is 337 Å². The van der Waals surface area contributed by atoms with Gasteiger partial charge in [-0.05, 0) is 165 Å². The van der Waals surface area contributed by atoms with Crippen molar-refractivity contribution in [3.63, 3.8) is 0 Å². The van der Waals surface area contributed by atoms with E-state index in [9.17, 15) is 9.59 Å². The molecule has 3 saturated carbocycles. The maximum absolute atomic E-state index is 12.9. The van der Waals surface area contributed by atoms with Gasteiger partial charge < -0.3 is 14.2 Å². The van der Waals surface area contributed by atoms with Crippen molar-refractivity contribution < 1.29 is 23.8 Å². The van der Waals surface area contributed by atoms with Gasteiger partial charge in [-0.25, -0.2) is 4.79 Å². The predicted octanol–water partition coefficient (Wildman–Crippen LogP) is 13.6. The van der Waals surface area contributed by atoms with Gasteiger partial charge in [0.2, 0.25) is 0 Å². The van der Waals surface area contributed by atoms with Crippen LogP contribution in [0.5, 0.6) is 5.75 Å². The molecule has 56 heavy (non-hydrogen) atoms. The number of benzene rings is 2. The fraction of sp³-hybridized carbons (Fsp3) is 0.673. The van der Waals surface area contributed by atoms with Crippen LogP contribution in [0.3, 0.4) is 0 Å². The van der Waals surface area contributed by atoms with Crippen LogP contribution in [0.25, 0.3) is 0 Å². The average Bonchev–Trinajstić information content (AvgIpc) is 3.55. The number of carbonyl (C=O) groups excluding carboxylic acids is 2. The van der Waals surface area contributed by atoms with Crippen molar-refractivity contribution in [1.82, 2.24) is 0 Å². The van der Waals surface area contributed by atoms with Gasteiger partial charge in [-0.15, -0.1) is 0 Å². The first-order valence-corrected chi connectivity index (χ1v) is 22.3. The zero-order valence-corrected chi connectivity index (χ0v) is 35.4. The first-order valence-electron chi connectivity index (χ1n) is 22.3. The molecule has 0 saturated heterocycles. The minimum Gasteiger partial charge on any atom is -0.494 e. The van der Waals surface area contributed by atoms with E-state index >= 15 is 0 Å². The maximum Gasteiger partial charge on any atom is 0.338 e. The van der Waals surface area contributed by atoms with Crippen molar-refractivity contribution in [2.75, 3.05) is 13.2 Å². The van der Waals surface area contributed by atoms with Crippen LogP contribution in [0.2, 0.25) is 0 Å². The standard InChI is InChI=1S/C49H70N2O5/c1-7-31-54-40-22-20-39(21-23-40)51-50-38-18-15-36(16-19-38)47(53)55-32-10-8-9-14-46(52)56-41-27-29-48(5)37(33-41)17-24-42-44-26-25-43(35(4)13-11-12-34(2)3)49(44,6)30-28-45(42)48/h15-23,34-35,41-45H,7-14,24-33H2,1-6H3/t35-,41+,42+,43-,44+,45+,48+,49-/m1/s1. The van der Waals surface area contributed by atoms with Crippen molar-refractivity contribution in [2.24, 2.45) is 56.6 Å². The van der Waals surface area contributed by atoms with Crippen molar-refractivity contribution in [1.29, 1.82) is 0 Å². The summed E-state index contributed by atoms with van der Waals surface area (Å²) in [7, 11) is 0. The van der Waals surface area contributed by atoms with Crippen molar-refractivity contribution in [3.8, 4) is 5.75 Å². The van der Waals surface area contributed by atoms with Gasteiger partial charge in [0.15, 0.2) is 0 Å². The van der Waals surface area contributed by atoms with Crippen LogP contribution in [-0.4, -0.2) is 31.3 Å². The molecular formula is C49H70N2O5. The molecular weight excluding hydrogens is 697 g/mol. The number of hydrogen-bond donors (Lipinski definition) is 0. The van der Waals surface area contributed by atoms with E-state index in [1.165, 1.54) is 51.4 Å². The topological polar surface area (TPSA) is 86.5 Å². The Bertz CT molecular complexity index is 1650. The first kappa shape index (κ1) is 42.1. The number of azo groups is 1. The van der Waals surface area contributed by atoms with Crippen molar-refractivity contribution in [2.45, 2.75) is 150 Å². The molecule has 0 heterocycles. The minimum atomic E-state index is -0.361. The smallest absolute Gasteiger partial charge is 0.338 e. The molecule has 306 valence electrons. The summed E-state index contributed by atoms with van der Waals surface area (Å²) in [5.74, 6) is 5.36. The Morgan fingerprint density at radius 1 is 0.804 bits per heavy atom. The Kier molecular flexibility index (Phi) is 14.5. The molecule has 4 aliphatic rings. The van der Waals surface area contributed by atoms with Crippen LogP contribution in [0.15, 0.2) is 70.4 Å². The number of carbonyl (C=O) groups is 2. The normalized spacial score (nSPS) is 28.9. The van der Waals surface area contributed by atoms with Crippen LogP contribution < -0.4 is 4.74 Å². The second-order valence-electron chi connectivity index (χ2n) is 18.7. The van der Waals surface area contributed by atoms with Gasteiger partial charge in [0.25, 0.3) is 0 Å². The van der Waals surface area contributed by atoms with E-state index < -0.39 is 0 Å². The van der Waals surface area contributed by atoms with E-state index in [-0.39, 0.29) is 23.5 Å². The van der Waals surface area contributed by atoms with Gasteiger partial charge >= 0.3 is 11.9 Å². The van der Waals surface area contributed by atoms with Crippen molar-refractivity contribution >= 4 is 23.3 Å². The molecule has 2 aromatic rings. The molecule has 7 nitrogen and oxygen atoms in total. The van der Waals surface area contributed by atoms with Crippen LogP contribution in [0, 0.1) is 46.3 Å². The van der Waals surface area contributed by atoms with Gasteiger partial charge in [-0.2, -0.15) is 10.2 Å². The quantitative estimate of drug-likeness (QED) is 0.0652. The van der Waals surface area contributed by atoms with Gasteiger partial charge in [0, 0.05) is 12.8 Å². The summed E-state index contributed by atoms with van der Waals surface area (Å²) in [6, 6.07) is 14.4. The number of allylic oxidation sites excluding steroid dienone is 1. The van der Waals surface area contributed by atoms with E-state index in [2.05, 4.69) is 57.8 Å². The summed E-state index contributed by atoms with van der Waals surface area (Å²) >= 11 is 0. The highest BCUT2D eigenvalue weighted by molar-refractivity contribution is 5.89. The Hall–Kier alpha value is -3.48. The molecule has 6 rings (SSSR count). The van der Waals surface area contributed by atoms with E-state index in [0.29, 0.717) is 42.7 Å². The van der Waals surface area contributed by atoms with Crippen molar-refractivity contribution in [3.05, 3.63) is 65.7 Å². The molecule has 0 spiro atoms. The lowest BCUT2D eigenvalue weighted by molar-refractivity contribution is -0.151. The molecule has 3 fully saturated rings. The largest absolute Gasteiger partial charge is 0.494 e. The molecule has 0 radical (unpaired) electrons. The Balaban J connectivity index is 0.876. The zero-order valence-electron chi connectivity index (χ0n) is 35.4. The fourth-order valence-corrected chi connectivity index (χ4v) is 11.4. The summed E-state index contributed by atoms with van der Waals surface area (Å²) < 4.78 is 17.2. The minimum absolute atomic E-state index is 0.000525. The number of ether oxygens (including phenoxy) is 3. The fourth-order valence-electron chi connectivity index (χ4n) is 11.4. The van der Waals surface area contributed by atoms with E-state index in [1.54, 1.807) is 29.8 Å². The summed E-state index contributed by atoms with van der Waals surface area (Å²) in [6.07, 6.45) is 20.2. The van der Waals surface area contributed by atoms with Crippen LogP contribution in [0.1, 0.15) is 155 Å². The van der Waals surface area contributed by atoms with Gasteiger partial charge in [0.05, 0.1) is 30.2 Å². The molecule has 7 heteroatoms. The second-order valence-corrected chi connectivity index (χ2v) is 18.7. The first-order chi connectivity index (χ1) is 27.0. The van der Waals surface area contributed by atoms with Gasteiger partial charge in [0.1, 0.15) is 11.9 Å². The third-order valence-corrected chi connectivity index (χ3v) is 14.5. The maximum atomic E-state index is 12.9. The highest BCUT2D eigenvalue weighted by atomic mass is 16.5. The lowest BCUT2D eigenvalue weighted by atomic mass is 9.47. The van der Waals surface area contributed by atoms with E-state index in [0.717, 1.165) is 85.5 Å². The Morgan fingerprint density at radius 2 is 1.54 bits per heavy atom. The van der Waals surface area contributed by atoms with Gasteiger partial charge in [-0.1, -0.05) is 72.5 Å². The second kappa shape index (κ2) is 19.3. The molecule has 0 bridgehead atoms. The summed E-state index contributed by atoms with van der Waals surface area (Å²) in [6.45, 7) is 15.6. The molecule has 0 aromatic heterocycles. The molecule has 0 amide bonds. The molecule has 4 aliphatic carbocycles. The molecule has 0 unspecified atom stereocenters. The Morgan fingerprint density at radius 3 is 2.25 bits per heavy atom. The average molecular weight is 767 g/mol. The monoisotopic (exact) mass is 767 g/mol. The number of esters is 2. The zero-order chi connectivity index (χ0) is 39.7. The van der Waals surface area contributed by atoms with E-state index in [4.69, 9.17) is 14.2 Å². The highest BCUT2D eigenvalue weighted by Gasteiger charge is 2.59. The SMILES string of the molecule is CCCOc1ccc(N=Nc2ccc(C(=O)OCCCCCC(=O)O[C@H]3CC[C@@]4(C)C(=CC[C@H]5[C@@H]6CC[C@H]([C@H](C)CCCC(C)C)[C@@]6(C)CC[C@@H]54)C3)cc2)cc1. The van der Waals surface area contributed by atoms with Crippen LogP contribution >= 0.6 is 0 Å². The lowest BCUT2D eigenvalue weighted by Gasteiger charge is -2.58. The third-order valence-electron chi connectivity index (χ3n) is 14.5.